The Labute approximate surface area is 114 Å². The summed E-state index contributed by atoms with van der Waals surface area (Å²) >= 11 is 5.60. The van der Waals surface area contributed by atoms with Crippen LogP contribution in [0.25, 0.3) is 0 Å². The van der Waals surface area contributed by atoms with E-state index >= 15 is 0 Å². The summed E-state index contributed by atoms with van der Waals surface area (Å²) in [5.41, 5.74) is 0. The van der Waals surface area contributed by atoms with Crippen molar-refractivity contribution in [1.82, 2.24) is 14.3 Å². The fourth-order valence-electron chi connectivity index (χ4n) is 1.76. The molecule has 19 heavy (non-hydrogen) atoms. The summed E-state index contributed by atoms with van der Waals surface area (Å²) in [6, 6.07) is 1.48. The Bertz CT molecular complexity index is 608. The number of aliphatic carboxylic acids is 1. The van der Waals surface area contributed by atoms with Crippen LogP contribution in [0.3, 0.4) is 0 Å². The largest absolute Gasteiger partial charge is 0.481 e. The molecule has 1 aromatic heterocycles. The fraction of sp³-hybridized carbons (Fsp3) is 0.444. The van der Waals surface area contributed by atoms with Gasteiger partial charge in [0.25, 0.3) is 0 Å². The highest BCUT2D eigenvalue weighted by Gasteiger charge is 2.48. The van der Waals surface area contributed by atoms with Crippen LogP contribution < -0.4 is 5.32 Å². The first-order chi connectivity index (χ1) is 8.79. The first-order valence-electron chi connectivity index (χ1n) is 5.24. The molecule has 1 aromatic rings. The Morgan fingerprint density at radius 2 is 2.32 bits per heavy atom. The third-order valence-corrected chi connectivity index (χ3v) is 4.14. The number of carboxylic acids is 1. The van der Waals surface area contributed by atoms with E-state index in [1.165, 1.54) is 12.3 Å². The van der Waals surface area contributed by atoms with E-state index in [0.29, 0.717) is 0 Å². The molecule has 2 heterocycles. The average Bonchev–Trinajstić information content (AvgIpc) is 2.22. The maximum absolute atomic E-state index is 11.5. The van der Waals surface area contributed by atoms with Crippen LogP contribution in [0.5, 0.6) is 0 Å². The van der Waals surface area contributed by atoms with Crippen molar-refractivity contribution >= 4 is 33.4 Å². The van der Waals surface area contributed by atoms with Gasteiger partial charge < -0.3 is 10.4 Å². The van der Waals surface area contributed by atoms with Crippen LogP contribution in [0.4, 0.5) is 5.82 Å². The first-order valence-corrected chi connectivity index (χ1v) is 7.46. The lowest BCUT2D eigenvalue weighted by atomic mass is 9.98. The number of sulfonamides is 1. The number of anilines is 1. The summed E-state index contributed by atoms with van der Waals surface area (Å²) in [5.74, 6) is -1.63. The van der Waals surface area contributed by atoms with Crippen LogP contribution >= 0.6 is 11.6 Å². The van der Waals surface area contributed by atoms with Gasteiger partial charge in [-0.3, -0.25) is 4.79 Å². The second-order valence-corrected chi connectivity index (χ2v) is 6.35. The Kier molecular flexibility index (Phi) is 3.61. The van der Waals surface area contributed by atoms with Gasteiger partial charge in [0.05, 0.1) is 6.26 Å². The quantitative estimate of drug-likeness (QED) is 0.743. The van der Waals surface area contributed by atoms with Gasteiger partial charge in [-0.25, -0.2) is 18.4 Å². The zero-order valence-corrected chi connectivity index (χ0v) is 11.4. The van der Waals surface area contributed by atoms with Crippen molar-refractivity contribution < 1.29 is 18.3 Å². The minimum absolute atomic E-state index is 0.0119. The van der Waals surface area contributed by atoms with Crippen molar-refractivity contribution in [3.63, 3.8) is 0 Å². The van der Waals surface area contributed by atoms with Crippen molar-refractivity contribution in [2.75, 3.05) is 18.1 Å². The summed E-state index contributed by atoms with van der Waals surface area (Å²) < 4.78 is 24.0. The van der Waals surface area contributed by atoms with Crippen LogP contribution in [0.2, 0.25) is 5.28 Å². The molecule has 0 aliphatic carbocycles. The molecule has 104 valence electrons. The molecular weight excluding hydrogens is 296 g/mol. The van der Waals surface area contributed by atoms with E-state index in [-0.39, 0.29) is 17.6 Å². The normalized spacial score (nSPS) is 23.7. The summed E-state index contributed by atoms with van der Waals surface area (Å²) in [5, 5.41) is 11.7. The van der Waals surface area contributed by atoms with E-state index < -0.39 is 28.1 Å². The summed E-state index contributed by atoms with van der Waals surface area (Å²) in [4.78, 5) is 18.5. The standard InChI is InChI=1S/C9H11ClN4O4S/c1-19(17,18)14-4-5(8(15)16)7(14)12-6-2-3-11-9(10)13-6/h2-3,5,7H,4H2,1H3,(H,15,16)(H,11,12,13). The Morgan fingerprint density at radius 3 is 2.84 bits per heavy atom. The topological polar surface area (TPSA) is 112 Å². The highest BCUT2D eigenvalue weighted by Crippen LogP contribution is 2.28. The summed E-state index contributed by atoms with van der Waals surface area (Å²) in [6.45, 7) is -0.0648. The van der Waals surface area contributed by atoms with Crippen molar-refractivity contribution in [1.29, 1.82) is 0 Å². The van der Waals surface area contributed by atoms with E-state index in [9.17, 15) is 13.2 Å². The fourth-order valence-corrected chi connectivity index (χ4v) is 2.96. The lowest BCUT2D eigenvalue weighted by molar-refractivity contribution is -0.147. The van der Waals surface area contributed by atoms with Crippen LogP contribution in [-0.2, 0) is 14.8 Å². The van der Waals surface area contributed by atoms with Crippen LogP contribution in [0.1, 0.15) is 0 Å². The molecule has 2 rings (SSSR count). The molecule has 0 bridgehead atoms. The maximum Gasteiger partial charge on any atom is 0.311 e. The zero-order valence-electron chi connectivity index (χ0n) is 9.82. The molecule has 2 atom stereocenters. The second-order valence-electron chi connectivity index (χ2n) is 4.08. The van der Waals surface area contributed by atoms with Crippen molar-refractivity contribution in [2.45, 2.75) is 6.17 Å². The van der Waals surface area contributed by atoms with Crippen LogP contribution in [-0.4, -0.2) is 52.7 Å². The van der Waals surface area contributed by atoms with Gasteiger partial charge in [0.2, 0.25) is 15.3 Å². The second kappa shape index (κ2) is 4.91. The predicted molar refractivity (Wildman–Crippen MR) is 67.1 cm³/mol. The number of nitrogens with one attached hydrogen (secondary N) is 1. The molecule has 1 saturated heterocycles. The van der Waals surface area contributed by atoms with Gasteiger partial charge in [-0.05, 0) is 17.7 Å². The minimum atomic E-state index is -3.48. The number of rotatable bonds is 4. The van der Waals surface area contributed by atoms with Gasteiger partial charge >= 0.3 is 5.97 Å². The average molecular weight is 307 g/mol. The monoisotopic (exact) mass is 306 g/mol. The van der Waals surface area contributed by atoms with Crippen molar-refractivity contribution in [2.24, 2.45) is 5.92 Å². The maximum atomic E-state index is 11.5. The number of hydrogen-bond acceptors (Lipinski definition) is 6. The van der Waals surface area contributed by atoms with Gasteiger partial charge in [0, 0.05) is 12.7 Å². The molecule has 2 N–H and O–H groups in total. The lowest BCUT2D eigenvalue weighted by Crippen LogP contribution is -2.64. The molecule has 0 radical (unpaired) electrons. The molecule has 1 aliphatic rings. The van der Waals surface area contributed by atoms with Crippen molar-refractivity contribution in [3.8, 4) is 0 Å². The number of carbonyl (C=O) groups is 1. The van der Waals surface area contributed by atoms with Gasteiger partial charge in [0.1, 0.15) is 17.9 Å². The van der Waals surface area contributed by atoms with Gasteiger partial charge in [-0.15, -0.1) is 0 Å². The number of nitrogens with zero attached hydrogens (tertiary/aromatic N) is 3. The molecular formula is C9H11ClN4O4S. The van der Waals surface area contributed by atoms with Gasteiger partial charge in [-0.1, -0.05) is 0 Å². The predicted octanol–water partition coefficient (Wildman–Crippen LogP) is -0.156. The molecule has 10 heteroatoms. The molecule has 1 aliphatic heterocycles. The lowest BCUT2D eigenvalue weighted by Gasteiger charge is -2.44. The van der Waals surface area contributed by atoms with Gasteiger partial charge in [-0.2, -0.15) is 4.31 Å². The summed E-state index contributed by atoms with van der Waals surface area (Å²) in [7, 11) is -3.48. The van der Waals surface area contributed by atoms with E-state index in [0.717, 1.165) is 10.6 Å². The minimum Gasteiger partial charge on any atom is -0.481 e. The van der Waals surface area contributed by atoms with E-state index in [1.54, 1.807) is 0 Å². The molecule has 0 amide bonds. The Morgan fingerprint density at radius 1 is 1.63 bits per heavy atom. The Hall–Kier alpha value is -1.45. The van der Waals surface area contributed by atoms with E-state index in [2.05, 4.69) is 15.3 Å². The molecule has 2 unspecified atom stereocenters. The number of halogens is 1. The number of carboxylic acid groups (broad SMARTS) is 1. The number of aromatic nitrogens is 2. The van der Waals surface area contributed by atoms with Crippen LogP contribution in [0.15, 0.2) is 12.3 Å². The molecule has 1 fully saturated rings. The third kappa shape index (κ3) is 2.94. The third-order valence-electron chi connectivity index (χ3n) is 2.73. The zero-order chi connectivity index (χ0) is 14.2. The molecule has 0 spiro atoms. The molecule has 0 saturated carbocycles. The van der Waals surface area contributed by atoms with Crippen molar-refractivity contribution in [3.05, 3.63) is 17.5 Å². The Balaban J connectivity index is 2.21. The molecule has 0 aromatic carbocycles. The van der Waals surface area contributed by atoms with Crippen LogP contribution in [0, 0.1) is 5.92 Å². The summed E-state index contributed by atoms with van der Waals surface area (Å²) in [6.07, 6.45) is 1.53. The SMILES string of the molecule is CS(=O)(=O)N1CC(C(=O)O)C1Nc1ccnc(Cl)n1. The van der Waals surface area contributed by atoms with E-state index in [4.69, 9.17) is 16.7 Å². The highest BCUT2D eigenvalue weighted by atomic mass is 35.5. The van der Waals surface area contributed by atoms with Gasteiger partial charge in [0.15, 0.2) is 0 Å². The van der Waals surface area contributed by atoms with E-state index in [1.807, 2.05) is 0 Å². The smallest absolute Gasteiger partial charge is 0.311 e. The molecule has 8 nitrogen and oxygen atoms in total. The number of hydrogen-bond donors (Lipinski definition) is 2. The first kappa shape index (κ1) is 14.0. The highest BCUT2D eigenvalue weighted by molar-refractivity contribution is 7.88.